The zero-order chi connectivity index (χ0) is 20.0. The second-order valence-electron chi connectivity index (χ2n) is 6.02. The Balaban J connectivity index is 1.90. The fourth-order valence-corrected chi connectivity index (χ4v) is 2.94. The summed E-state index contributed by atoms with van der Waals surface area (Å²) < 4.78 is 0. The largest absolute Gasteiger partial charge is 0.349 e. The summed E-state index contributed by atoms with van der Waals surface area (Å²) in [5.74, 6) is -0.338. The number of thiocarbonyl (C=S) groups is 1. The minimum absolute atomic E-state index is 0.0851. The lowest BCUT2D eigenvalue weighted by atomic mass is 10.1. The summed E-state index contributed by atoms with van der Waals surface area (Å²) in [4.78, 5) is 25.4. The Labute approximate surface area is 173 Å². The summed E-state index contributed by atoms with van der Waals surface area (Å²) in [6, 6.07) is 12.1. The van der Waals surface area contributed by atoms with Gasteiger partial charge < -0.3 is 10.2 Å². The molecule has 0 radical (unpaired) electrons. The van der Waals surface area contributed by atoms with Crippen LogP contribution in [0.2, 0.25) is 10.0 Å². The molecule has 2 aromatic carbocycles. The Bertz CT molecular complexity index is 855. The Hall–Kier alpha value is -2.15. The molecule has 0 aromatic heterocycles. The van der Waals surface area contributed by atoms with Crippen LogP contribution in [0.15, 0.2) is 42.5 Å². The number of anilines is 1. The van der Waals surface area contributed by atoms with Crippen molar-refractivity contribution in [3.05, 3.63) is 63.6 Å². The van der Waals surface area contributed by atoms with Crippen LogP contribution in [0.1, 0.15) is 22.3 Å². The zero-order valence-electron chi connectivity index (χ0n) is 14.9. The van der Waals surface area contributed by atoms with E-state index in [0.29, 0.717) is 17.9 Å². The van der Waals surface area contributed by atoms with Crippen molar-refractivity contribution in [1.29, 1.82) is 0 Å². The molecule has 2 aromatic rings. The standard InChI is InChI=1S/C19H19Cl2N3O2S/c1-24(2)17(25)10-5-12-3-7-14(8-4-12)22-19(27)23-18(26)15-9-6-13(20)11-16(15)21/h3-4,6-9,11H,5,10H2,1-2H3,(H2,22,23,26,27). The molecule has 2 amide bonds. The van der Waals surface area contributed by atoms with E-state index in [2.05, 4.69) is 10.6 Å². The number of rotatable bonds is 5. The Morgan fingerprint density at radius 1 is 1.07 bits per heavy atom. The maximum atomic E-state index is 12.2. The average molecular weight is 424 g/mol. The maximum absolute atomic E-state index is 12.2. The zero-order valence-corrected chi connectivity index (χ0v) is 17.2. The molecule has 0 bridgehead atoms. The molecule has 0 aliphatic carbocycles. The van der Waals surface area contributed by atoms with Gasteiger partial charge in [0.25, 0.3) is 5.91 Å². The van der Waals surface area contributed by atoms with Crippen LogP contribution in [0.25, 0.3) is 0 Å². The molecular formula is C19H19Cl2N3O2S. The number of hydrogen-bond acceptors (Lipinski definition) is 3. The lowest BCUT2D eigenvalue weighted by Crippen LogP contribution is -2.34. The van der Waals surface area contributed by atoms with E-state index < -0.39 is 5.91 Å². The van der Waals surface area contributed by atoms with Crippen molar-refractivity contribution in [3.8, 4) is 0 Å². The average Bonchev–Trinajstić information content (AvgIpc) is 2.60. The van der Waals surface area contributed by atoms with Gasteiger partial charge in [0.2, 0.25) is 5.91 Å². The van der Waals surface area contributed by atoms with Gasteiger partial charge in [0, 0.05) is 31.2 Å². The fourth-order valence-electron chi connectivity index (χ4n) is 2.24. The van der Waals surface area contributed by atoms with E-state index in [-0.39, 0.29) is 21.6 Å². The minimum atomic E-state index is -0.423. The number of carbonyl (C=O) groups is 2. The van der Waals surface area contributed by atoms with Crippen LogP contribution in [0, 0.1) is 0 Å². The van der Waals surface area contributed by atoms with Gasteiger partial charge in [-0.15, -0.1) is 0 Å². The van der Waals surface area contributed by atoms with Crippen molar-refractivity contribution in [3.63, 3.8) is 0 Å². The van der Waals surface area contributed by atoms with Crippen LogP contribution in [0.4, 0.5) is 5.69 Å². The molecule has 0 aliphatic heterocycles. The van der Waals surface area contributed by atoms with Crippen molar-refractivity contribution in [2.24, 2.45) is 0 Å². The van der Waals surface area contributed by atoms with E-state index in [0.717, 1.165) is 11.3 Å². The highest BCUT2D eigenvalue weighted by Gasteiger charge is 2.12. The third-order valence-corrected chi connectivity index (χ3v) is 4.49. The molecule has 0 aliphatic rings. The summed E-state index contributed by atoms with van der Waals surface area (Å²) in [6.45, 7) is 0. The molecule has 2 rings (SSSR count). The first kappa shape index (κ1) is 21.2. The number of halogens is 2. The third kappa shape index (κ3) is 6.50. The summed E-state index contributed by atoms with van der Waals surface area (Å²) in [6.07, 6.45) is 1.11. The van der Waals surface area contributed by atoms with Gasteiger partial charge in [-0.3, -0.25) is 14.9 Å². The Kier molecular flexibility index (Phi) is 7.59. The predicted octanol–water partition coefficient (Wildman–Crippen LogP) is 4.14. The summed E-state index contributed by atoms with van der Waals surface area (Å²) in [7, 11) is 3.48. The van der Waals surface area contributed by atoms with Crippen molar-refractivity contribution in [1.82, 2.24) is 10.2 Å². The van der Waals surface area contributed by atoms with Crippen molar-refractivity contribution in [2.75, 3.05) is 19.4 Å². The van der Waals surface area contributed by atoms with Gasteiger partial charge in [-0.1, -0.05) is 35.3 Å². The van der Waals surface area contributed by atoms with Gasteiger partial charge in [0.05, 0.1) is 10.6 Å². The van der Waals surface area contributed by atoms with Crippen molar-refractivity contribution >= 4 is 58.0 Å². The first-order valence-corrected chi connectivity index (χ1v) is 9.29. The van der Waals surface area contributed by atoms with Gasteiger partial charge in [-0.05, 0) is 54.5 Å². The molecule has 0 saturated heterocycles. The highest BCUT2D eigenvalue weighted by atomic mass is 35.5. The molecule has 0 saturated carbocycles. The van der Waals surface area contributed by atoms with E-state index in [1.807, 2.05) is 24.3 Å². The van der Waals surface area contributed by atoms with Crippen LogP contribution in [-0.2, 0) is 11.2 Å². The Morgan fingerprint density at radius 3 is 2.33 bits per heavy atom. The normalized spacial score (nSPS) is 10.2. The highest BCUT2D eigenvalue weighted by molar-refractivity contribution is 7.80. The quantitative estimate of drug-likeness (QED) is 0.709. The molecule has 142 valence electrons. The molecule has 0 fully saturated rings. The SMILES string of the molecule is CN(C)C(=O)CCc1ccc(NC(=S)NC(=O)c2ccc(Cl)cc2Cl)cc1. The molecule has 0 spiro atoms. The fraction of sp³-hybridized carbons (Fsp3) is 0.211. The van der Waals surface area contributed by atoms with Crippen LogP contribution < -0.4 is 10.6 Å². The second kappa shape index (κ2) is 9.69. The van der Waals surface area contributed by atoms with Crippen molar-refractivity contribution in [2.45, 2.75) is 12.8 Å². The van der Waals surface area contributed by atoms with Gasteiger partial charge in [-0.25, -0.2) is 0 Å². The van der Waals surface area contributed by atoms with E-state index in [9.17, 15) is 9.59 Å². The first-order chi connectivity index (χ1) is 12.8. The van der Waals surface area contributed by atoms with E-state index in [4.69, 9.17) is 35.4 Å². The van der Waals surface area contributed by atoms with E-state index >= 15 is 0 Å². The van der Waals surface area contributed by atoms with Crippen molar-refractivity contribution < 1.29 is 9.59 Å². The lowest BCUT2D eigenvalue weighted by Gasteiger charge is -2.12. The van der Waals surface area contributed by atoms with Crippen LogP contribution in [0.3, 0.4) is 0 Å². The number of carbonyl (C=O) groups excluding carboxylic acids is 2. The highest BCUT2D eigenvalue weighted by Crippen LogP contribution is 2.21. The molecule has 2 N–H and O–H groups in total. The number of nitrogens with one attached hydrogen (secondary N) is 2. The van der Waals surface area contributed by atoms with Gasteiger partial charge in [-0.2, -0.15) is 0 Å². The monoisotopic (exact) mass is 423 g/mol. The predicted molar refractivity (Wildman–Crippen MR) is 114 cm³/mol. The lowest BCUT2D eigenvalue weighted by molar-refractivity contribution is -0.128. The topological polar surface area (TPSA) is 61.4 Å². The first-order valence-electron chi connectivity index (χ1n) is 8.12. The van der Waals surface area contributed by atoms with Crippen LogP contribution >= 0.6 is 35.4 Å². The molecule has 0 unspecified atom stereocenters. The molecule has 0 heterocycles. The Morgan fingerprint density at radius 2 is 1.74 bits per heavy atom. The third-order valence-electron chi connectivity index (χ3n) is 3.74. The van der Waals surface area contributed by atoms with Crippen LogP contribution in [0.5, 0.6) is 0 Å². The summed E-state index contributed by atoms with van der Waals surface area (Å²) >= 11 is 17.0. The van der Waals surface area contributed by atoms with Gasteiger partial charge >= 0.3 is 0 Å². The van der Waals surface area contributed by atoms with Gasteiger partial charge in [0.15, 0.2) is 5.11 Å². The second-order valence-corrected chi connectivity index (χ2v) is 7.27. The number of hydrogen-bond donors (Lipinski definition) is 2. The minimum Gasteiger partial charge on any atom is -0.349 e. The molecule has 5 nitrogen and oxygen atoms in total. The smallest absolute Gasteiger partial charge is 0.258 e. The maximum Gasteiger partial charge on any atom is 0.258 e. The summed E-state index contributed by atoms with van der Waals surface area (Å²) in [5.41, 5.74) is 2.05. The molecule has 0 atom stereocenters. The number of amides is 2. The molecule has 27 heavy (non-hydrogen) atoms. The van der Waals surface area contributed by atoms with Gasteiger partial charge in [0.1, 0.15) is 0 Å². The molecular weight excluding hydrogens is 405 g/mol. The summed E-state index contributed by atoms with van der Waals surface area (Å²) in [5, 5.41) is 6.37. The van der Waals surface area contributed by atoms with E-state index in [1.54, 1.807) is 25.1 Å². The van der Waals surface area contributed by atoms with Crippen LogP contribution in [-0.4, -0.2) is 35.9 Å². The molecule has 8 heteroatoms. The number of aryl methyl sites for hydroxylation is 1. The number of nitrogens with zero attached hydrogens (tertiary/aromatic N) is 1. The number of benzene rings is 2. The van der Waals surface area contributed by atoms with E-state index in [1.165, 1.54) is 12.1 Å².